The van der Waals surface area contributed by atoms with Crippen molar-refractivity contribution < 1.29 is 4.39 Å². The van der Waals surface area contributed by atoms with Crippen molar-refractivity contribution in [3.63, 3.8) is 0 Å². The monoisotopic (exact) mass is 357 g/mol. The van der Waals surface area contributed by atoms with E-state index < -0.39 is 0 Å². The van der Waals surface area contributed by atoms with Gasteiger partial charge in [-0.25, -0.2) is 4.39 Å². The molecule has 3 nitrogen and oxygen atoms in total. The predicted molar refractivity (Wildman–Crippen MR) is 107 cm³/mol. The van der Waals surface area contributed by atoms with Crippen LogP contribution in [0.4, 0.5) is 15.8 Å². The van der Waals surface area contributed by atoms with Gasteiger partial charge >= 0.3 is 0 Å². The van der Waals surface area contributed by atoms with E-state index in [2.05, 4.69) is 46.7 Å². The summed E-state index contributed by atoms with van der Waals surface area (Å²) < 4.78 is 12.9. The first kappa shape index (κ1) is 17.7. The van der Waals surface area contributed by atoms with Crippen LogP contribution in [0, 0.1) is 11.7 Å². The fourth-order valence-corrected chi connectivity index (χ4v) is 3.17. The molecule has 0 bridgehead atoms. The van der Waals surface area contributed by atoms with Crippen LogP contribution >= 0.6 is 12.2 Å². The minimum atomic E-state index is -0.229. The molecule has 1 aliphatic rings. The SMILES string of the molecule is CC1CCN(c2ccc(NC(=S)NCc3ccc(F)cc3)cc2)CC1. The lowest BCUT2D eigenvalue weighted by atomic mass is 9.99. The smallest absolute Gasteiger partial charge is 0.171 e. The molecule has 0 unspecified atom stereocenters. The highest BCUT2D eigenvalue weighted by molar-refractivity contribution is 7.80. The highest BCUT2D eigenvalue weighted by Crippen LogP contribution is 2.24. The molecule has 2 N–H and O–H groups in total. The Kier molecular flexibility index (Phi) is 5.87. The number of anilines is 2. The van der Waals surface area contributed by atoms with Crippen LogP contribution in [0.15, 0.2) is 48.5 Å². The van der Waals surface area contributed by atoms with Gasteiger partial charge in [-0.05, 0) is 72.9 Å². The van der Waals surface area contributed by atoms with Crippen molar-refractivity contribution in [2.45, 2.75) is 26.3 Å². The van der Waals surface area contributed by atoms with Crippen LogP contribution in [-0.4, -0.2) is 18.2 Å². The number of nitrogens with one attached hydrogen (secondary N) is 2. The zero-order chi connectivity index (χ0) is 17.6. The first-order chi connectivity index (χ1) is 12.1. The van der Waals surface area contributed by atoms with Gasteiger partial charge in [0.25, 0.3) is 0 Å². The van der Waals surface area contributed by atoms with Crippen LogP contribution in [-0.2, 0) is 6.54 Å². The van der Waals surface area contributed by atoms with Crippen molar-refractivity contribution in [1.82, 2.24) is 5.32 Å². The van der Waals surface area contributed by atoms with Gasteiger partial charge in [0.15, 0.2) is 5.11 Å². The van der Waals surface area contributed by atoms with E-state index in [4.69, 9.17) is 12.2 Å². The van der Waals surface area contributed by atoms with E-state index in [1.54, 1.807) is 12.1 Å². The molecule has 132 valence electrons. The van der Waals surface area contributed by atoms with Gasteiger partial charge in [-0.15, -0.1) is 0 Å². The van der Waals surface area contributed by atoms with E-state index in [1.807, 2.05) is 0 Å². The molecule has 0 aromatic heterocycles. The molecule has 0 saturated carbocycles. The van der Waals surface area contributed by atoms with Crippen molar-refractivity contribution in [2.75, 3.05) is 23.3 Å². The summed E-state index contributed by atoms with van der Waals surface area (Å²) in [4.78, 5) is 2.44. The lowest BCUT2D eigenvalue weighted by molar-refractivity contribution is 0.438. The Hall–Kier alpha value is -2.14. The molecule has 0 atom stereocenters. The number of hydrogen-bond acceptors (Lipinski definition) is 2. The van der Waals surface area contributed by atoms with E-state index in [9.17, 15) is 4.39 Å². The van der Waals surface area contributed by atoms with Gasteiger partial charge in [-0.2, -0.15) is 0 Å². The molecule has 2 aromatic rings. The Labute approximate surface area is 154 Å². The normalized spacial score (nSPS) is 15.0. The van der Waals surface area contributed by atoms with Crippen LogP contribution in [0.25, 0.3) is 0 Å². The number of piperidine rings is 1. The average Bonchev–Trinajstić information content (AvgIpc) is 2.63. The second-order valence-electron chi connectivity index (χ2n) is 6.65. The van der Waals surface area contributed by atoms with Crippen LogP contribution in [0.1, 0.15) is 25.3 Å². The molecule has 3 rings (SSSR count). The number of hydrogen-bond donors (Lipinski definition) is 2. The van der Waals surface area contributed by atoms with E-state index in [-0.39, 0.29) is 5.82 Å². The third-order valence-corrected chi connectivity index (χ3v) is 4.89. The van der Waals surface area contributed by atoms with Crippen LogP contribution in [0.3, 0.4) is 0 Å². The van der Waals surface area contributed by atoms with Gasteiger partial charge in [0, 0.05) is 31.0 Å². The van der Waals surface area contributed by atoms with Crippen molar-refractivity contribution in [3.05, 3.63) is 59.9 Å². The summed E-state index contributed by atoms with van der Waals surface area (Å²) >= 11 is 5.33. The van der Waals surface area contributed by atoms with Crippen molar-refractivity contribution >= 4 is 28.7 Å². The third kappa shape index (κ3) is 5.16. The summed E-state index contributed by atoms with van der Waals surface area (Å²) in [5.41, 5.74) is 3.22. The van der Waals surface area contributed by atoms with Crippen LogP contribution < -0.4 is 15.5 Å². The largest absolute Gasteiger partial charge is 0.372 e. The van der Waals surface area contributed by atoms with Gasteiger partial charge in [0.1, 0.15) is 5.82 Å². The standard InChI is InChI=1S/C20H24FN3S/c1-15-10-12-24(13-11-15)19-8-6-18(7-9-19)23-20(25)22-14-16-2-4-17(21)5-3-16/h2-9,15H,10-14H2,1H3,(H2,22,23,25). The predicted octanol–water partition coefficient (Wildman–Crippen LogP) is 4.55. The number of rotatable bonds is 4. The molecule has 1 heterocycles. The third-order valence-electron chi connectivity index (χ3n) is 4.64. The number of thiocarbonyl (C=S) groups is 1. The van der Waals surface area contributed by atoms with Gasteiger partial charge in [0.05, 0.1) is 0 Å². The van der Waals surface area contributed by atoms with Crippen LogP contribution in [0.5, 0.6) is 0 Å². The van der Waals surface area contributed by atoms with E-state index >= 15 is 0 Å². The first-order valence-electron chi connectivity index (χ1n) is 8.74. The Morgan fingerprint density at radius 2 is 1.72 bits per heavy atom. The Morgan fingerprint density at radius 3 is 2.36 bits per heavy atom. The van der Waals surface area contributed by atoms with Crippen molar-refractivity contribution in [2.24, 2.45) is 5.92 Å². The molecule has 0 spiro atoms. The fraction of sp³-hybridized carbons (Fsp3) is 0.350. The number of benzene rings is 2. The Bertz CT molecular complexity index is 692. The minimum Gasteiger partial charge on any atom is -0.372 e. The zero-order valence-electron chi connectivity index (χ0n) is 14.5. The number of nitrogens with zero attached hydrogens (tertiary/aromatic N) is 1. The lowest BCUT2D eigenvalue weighted by Crippen LogP contribution is -2.32. The summed E-state index contributed by atoms with van der Waals surface area (Å²) in [6.07, 6.45) is 2.52. The quantitative estimate of drug-likeness (QED) is 0.785. The maximum absolute atomic E-state index is 12.9. The van der Waals surface area contributed by atoms with Crippen LogP contribution in [0.2, 0.25) is 0 Å². The molecule has 0 amide bonds. The highest BCUT2D eigenvalue weighted by atomic mass is 32.1. The summed E-state index contributed by atoms with van der Waals surface area (Å²) in [7, 11) is 0. The minimum absolute atomic E-state index is 0.229. The Morgan fingerprint density at radius 1 is 1.08 bits per heavy atom. The molecule has 1 fully saturated rings. The summed E-state index contributed by atoms with van der Waals surface area (Å²) in [6, 6.07) is 14.8. The highest BCUT2D eigenvalue weighted by Gasteiger charge is 2.15. The molecule has 0 radical (unpaired) electrons. The first-order valence-corrected chi connectivity index (χ1v) is 9.15. The van der Waals surface area contributed by atoms with E-state index in [0.717, 1.165) is 30.3 Å². The topological polar surface area (TPSA) is 27.3 Å². The zero-order valence-corrected chi connectivity index (χ0v) is 15.3. The molecular formula is C20H24FN3S. The lowest BCUT2D eigenvalue weighted by Gasteiger charge is -2.32. The summed E-state index contributed by atoms with van der Waals surface area (Å²) in [5, 5.41) is 6.88. The van der Waals surface area contributed by atoms with Gasteiger partial charge in [0.2, 0.25) is 0 Å². The average molecular weight is 357 g/mol. The molecule has 5 heteroatoms. The second kappa shape index (κ2) is 8.30. The number of halogens is 1. The molecule has 0 aliphatic carbocycles. The van der Waals surface area contributed by atoms with Crippen molar-refractivity contribution in [1.29, 1.82) is 0 Å². The maximum Gasteiger partial charge on any atom is 0.171 e. The maximum atomic E-state index is 12.9. The van der Waals surface area contributed by atoms with Gasteiger partial charge < -0.3 is 15.5 Å². The molecule has 2 aromatic carbocycles. The van der Waals surface area contributed by atoms with Gasteiger partial charge in [-0.3, -0.25) is 0 Å². The van der Waals surface area contributed by atoms with Crippen molar-refractivity contribution in [3.8, 4) is 0 Å². The molecular weight excluding hydrogens is 333 g/mol. The molecule has 1 saturated heterocycles. The van der Waals surface area contributed by atoms with Gasteiger partial charge in [-0.1, -0.05) is 19.1 Å². The molecule has 1 aliphatic heterocycles. The Balaban J connectivity index is 1.49. The summed E-state index contributed by atoms with van der Waals surface area (Å²) in [6.45, 7) is 5.15. The fourth-order valence-electron chi connectivity index (χ4n) is 2.98. The van der Waals surface area contributed by atoms with E-state index in [0.29, 0.717) is 11.7 Å². The molecule has 25 heavy (non-hydrogen) atoms. The summed E-state index contributed by atoms with van der Waals surface area (Å²) in [5.74, 6) is 0.606. The van der Waals surface area contributed by atoms with E-state index in [1.165, 1.54) is 30.7 Å². The second-order valence-corrected chi connectivity index (χ2v) is 7.06.